The zero-order valence-electron chi connectivity index (χ0n) is 18.2. The van der Waals surface area contributed by atoms with E-state index in [4.69, 9.17) is 4.43 Å². The highest BCUT2D eigenvalue weighted by molar-refractivity contribution is 6.74. The van der Waals surface area contributed by atoms with Gasteiger partial charge in [-0.3, -0.25) is 0 Å². The summed E-state index contributed by atoms with van der Waals surface area (Å²) < 4.78 is 6.43. The highest BCUT2D eigenvalue weighted by Gasteiger charge is 2.39. The predicted molar refractivity (Wildman–Crippen MR) is 116 cm³/mol. The number of benzene rings is 2. The number of hydrogen-bond donors (Lipinski definition) is 2. The summed E-state index contributed by atoms with van der Waals surface area (Å²) in [6, 6.07) is 9.56. The van der Waals surface area contributed by atoms with Gasteiger partial charge >= 0.3 is 0 Å². The van der Waals surface area contributed by atoms with Gasteiger partial charge in [0, 0.05) is 5.56 Å². The van der Waals surface area contributed by atoms with Gasteiger partial charge in [-0.2, -0.15) is 0 Å². The summed E-state index contributed by atoms with van der Waals surface area (Å²) in [5.41, 5.74) is 3.38. The first-order valence-corrected chi connectivity index (χ1v) is 12.4. The van der Waals surface area contributed by atoms with Gasteiger partial charge in [-0.15, -0.1) is 0 Å². The fourth-order valence-electron chi connectivity index (χ4n) is 2.79. The Balaban J connectivity index is 2.61. The Bertz CT molecular complexity index is 840. The molecule has 2 rings (SSSR count). The number of phenols is 1. The van der Waals surface area contributed by atoms with E-state index in [1.807, 2.05) is 38.1 Å². The molecule has 0 aromatic heterocycles. The molecule has 0 aliphatic rings. The molecule has 0 bridgehead atoms. The minimum atomic E-state index is -1.98. The second-order valence-electron chi connectivity index (χ2n) is 9.58. The lowest BCUT2D eigenvalue weighted by Gasteiger charge is -2.37. The van der Waals surface area contributed by atoms with E-state index in [1.165, 1.54) is 0 Å². The summed E-state index contributed by atoms with van der Waals surface area (Å²) in [4.78, 5) is 0. The first-order chi connectivity index (χ1) is 12.1. The topological polar surface area (TPSA) is 49.7 Å². The number of aryl methyl sites for hydroxylation is 2. The molecule has 0 aliphatic heterocycles. The van der Waals surface area contributed by atoms with Crippen molar-refractivity contribution in [2.75, 3.05) is 0 Å². The lowest BCUT2D eigenvalue weighted by Crippen LogP contribution is -2.43. The number of phenolic OH excluding ortho intramolecular Hbond substituents is 1. The van der Waals surface area contributed by atoms with Crippen LogP contribution in [0.1, 0.15) is 51.3 Å². The van der Waals surface area contributed by atoms with Crippen LogP contribution in [-0.2, 0) is 5.60 Å². The number of rotatable bonds is 4. The minimum Gasteiger partial charge on any atom is -0.543 e. The lowest BCUT2D eigenvalue weighted by molar-refractivity contribution is 0.0790. The van der Waals surface area contributed by atoms with Crippen LogP contribution in [0, 0.1) is 13.8 Å². The fraction of sp³-hybridized carbons (Fsp3) is 0.478. The molecule has 0 spiro atoms. The maximum absolute atomic E-state index is 10.8. The summed E-state index contributed by atoms with van der Waals surface area (Å²) in [6.07, 6.45) is 0. The zero-order chi connectivity index (χ0) is 20.8. The Kier molecular flexibility index (Phi) is 5.57. The van der Waals surface area contributed by atoms with Gasteiger partial charge in [0.2, 0.25) is 8.32 Å². The van der Waals surface area contributed by atoms with Crippen LogP contribution >= 0.6 is 0 Å². The molecule has 0 atom stereocenters. The third kappa shape index (κ3) is 4.56. The summed E-state index contributed by atoms with van der Waals surface area (Å²) in [6.45, 7) is 18.6. The molecule has 0 saturated carbocycles. The van der Waals surface area contributed by atoms with Crippen molar-refractivity contribution in [2.45, 2.75) is 72.2 Å². The molecular formula is C23H34O3Si. The van der Waals surface area contributed by atoms with E-state index in [9.17, 15) is 10.2 Å². The summed E-state index contributed by atoms with van der Waals surface area (Å²) in [5.74, 6) is 0.993. The first kappa shape index (κ1) is 21.5. The van der Waals surface area contributed by atoms with Gasteiger partial charge in [0.15, 0.2) is 0 Å². The molecule has 27 heavy (non-hydrogen) atoms. The lowest BCUT2D eigenvalue weighted by atomic mass is 9.88. The van der Waals surface area contributed by atoms with Gasteiger partial charge in [0.1, 0.15) is 11.5 Å². The van der Waals surface area contributed by atoms with Crippen LogP contribution in [0.3, 0.4) is 0 Å². The molecule has 0 saturated heterocycles. The van der Waals surface area contributed by atoms with Crippen molar-refractivity contribution in [1.29, 1.82) is 0 Å². The first-order valence-electron chi connectivity index (χ1n) is 9.50. The van der Waals surface area contributed by atoms with Crippen LogP contribution in [0.4, 0.5) is 0 Å². The van der Waals surface area contributed by atoms with Crippen molar-refractivity contribution >= 4 is 8.32 Å². The molecule has 0 unspecified atom stereocenters. The number of hydrogen-bond acceptors (Lipinski definition) is 3. The molecule has 4 heteroatoms. The van der Waals surface area contributed by atoms with Crippen LogP contribution in [0.15, 0.2) is 30.3 Å². The standard InChI is InChI=1S/C23H34O3Si/c1-15-12-19(21(24)13-16(15)2)18-11-10-17(14-20(18)23(6,7)25)26-27(8,9)22(3,4)5/h10-14,24-25H,1-9H3. The van der Waals surface area contributed by atoms with E-state index in [0.717, 1.165) is 33.6 Å². The monoisotopic (exact) mass is 386 g/mol. The maximum Gasteiger partial charge on any atom is 0.250 e. The van der Waals surface area contributed by atoms with Crippen molar-refractivity contribution < 1.29 is 14.6 Å². The van der Waals surface area contributed by atoms with E-state index >= 15 is 0 Å². The van der Waals surface area contributed by atoms with Crippen molar-refractivity contribution in [1.82, 2.24) is 0 Å². The van der Waals surface area contributed by atoms with E-state index in [2.05, 4.69) is 33.9 Å². The van der Waals surface area contributed by atoms with Crippen LogP contribution in [-0.4, -0.2) is 18.5 Å². The highest BCUT2D eigenvalue weighted by Crippen LogP contribution is 2.42. The van der Waals surface area contributed by atoms with Crippen LogP contribution in [0.25, 0.3) is 11.1 Å². The van der Waals surface area contributed by atoms with Gasteiger partial charge in [-0.05, 0) is 92.3 Å². The molecule has 148 valence electrons. The molecule has 0 aliphatic carbocycles. The van der Waals surface area contributed by atoms with Crippen molar-refractivity contribution in [3.63, 3.8) is 0 Å². The molecule has 3 nitrogen and oxygen atoms in total. The summed E-state index contributed by atoms with van der Waals surface area (Å²) >= 11 is 0. The van der Waals surface area contributed by atoms with E-state index < -0.39 is 13.9 Å². The Labute approximate surface area is 165 Å². The van der Waals surface area contributed by atoms with Crippen molar-refractivity contribution in [2.24, 2.45) is 0 Å². The maximum atomic E-state index is 10.8. The van der Waals surface area contributed by atoms with Crippen LogP contribution < -0.4 is 4.43 Å². The Hall–Kier alpha value is -1.78. The third-order valence-electron chi connectivity index (χ3n) is 5.73. The largest absolute Gasteiger partial charge is 0.543 e. The molecular weight excluding hydrogens is 352 g/mol. The molecule has 0 amide bonds. The van der Waals surface area contributed by atoms with Gasteiger partial charge in [-0.1, -0.05) is 26.8 Å². The average Bonchev–Trinajstić information content (AvgIpc) is 2.49. The minimum absolute atomic E-state index is 0.0902. The highest BCUT2D eigenvalue weighted by atomic mass is 28.4. The van der Waals surface area contributed by atoms with Gasteiger partial charge in [0.25, 0.3) is 0 Å². The molecule has 0 fully saturated rings. The summed E-state index contributed by atoms with van der Waals surface area (Å²) in [5, 5.41) is 21.4. The fourth-order valence-corrected chi connectivity index (χ4v) is 3.81. The Morgan fingerprint density at radius 2 is 1.41 bits per heavy atom. The van der Waals surface area contributed by atoms with Gasteiger partial charge in [0.05, 0.1) is 5.60 Å². The van der Waals surface area contributed by atoms with Gasteiger partial charge < -0.3 is 14.6 Å². The SMILES string of the molecule is Cc1cc(O)c(-c2ccc(O[Si](C)(C)C(C)(C)C)cc2C(C)(C)O)cc1C. The van der Waals surface area contributed by atoms with Crippen LogP contribution in [0.5, 0.6) is 11.5 Å². The molecule has 2 aromatic carbocycles. The number of aromatic hydroxyl groups is 1. The molecule has 0 radical (unpaired) electrons. The number of aliphatic hydroxyl groups is 1. The Morgan fingerprint density at radius 1 is 0.852 bits per heavy atom. The third-order valence-corrected chi connectivity index (χ3v) is 10.1. The van der Waals surface area contributed by atoms with E-state index in [-0.39, 0.29) is 10.8 Å². The molecule has 2 aromatic rings. The van der Waals surface area contributed by atoms with Crippen LogP contribution in [0.2, 0.25) is 18.1 Å². The second kappa shape index (κ2) is 6.99. The van der Waals surface area contributed by atoms with E-state index in [1.54, 1.807) is 19.9 Å². The molecule has 2 N–H and O–H groups in total. The van der Waals surface area contributed by atoms with Gasteiger partial charge in [-0.25, -0.2) is 0 Å². The smallest absolute Gasteiger partial charge is 0.250 e. The summed E-state index contributed by atoms with van der Waals surface area (Å²) in [7, 11) is -1.98. The second-order valence-corrected chi connectivity index (χ2v) is 14.3. The zero-order valence-corrected chi connectivity index (χ0v) is 19.2. The quantitative estimate of drug-likeness (QED) is 0.607. The molecule has 0 heterocycles. The predicted octanol–water partition coefficient (Wildman–Crippen LogP) is 6.29. The van der Waals surface area contributed by atoms with Crippen molar-refractivity contribution in [3.8, 4) is 22.6 Å². The average molecular weight is 387 g/mol. The Morgan fingerprint density at radius 3 is 1.93 bits per heavy atom. The van der Waals surface area contributed by atoms with Crippen molar-refractivity contribution in [3.05, 3.63) is 47.0 Å². The normalized spacial score (nSPS) is 13.0. The van der Waals surface area contributed by atoms with E-state index in [0.29, 0.717) is 0 Å².